The quantitative estimate of drug-likeness (QED) is 0.885. The first-order chi connectivity index (χ1) is 12.7. The fraction of sp³-hybridized carbons (Fsp3) is 0.294. The third-order valence-electron chi connectivity index (χ3n) is 4.03. The minimum atomic E-state index is -4.42. The Balaban J connectivity index is 1.66. The standard InChI is InChI=1S/C17H14F3N5O2/c18-17(19,20)10-24-9-14(7-22-24)25-8-12(5-15(25)26)16(27)23-13-3-1-2-11(4-13)6-21/h1-4,7,9,12H,5,8,10H2,(H,23,27). The number of nitriles is 1. The van der Waals surface area contributed by atoms with Crippen LogP contribution in [-0.4, -0.2) is 34.3 Å². The summed E-state index contributed by atoms with van der Waals surface area (Å²) < 4.78 is 38.0. The largest absolute Gasteiger partial charge is 0.408 e. The van der Waals surface area contributed by atoms with E-state index in [0.29, 0.717) is 15.9 Å². The van der Waals surface area contributed by atoms with Crippen LogP contribution in [0.25, 0.3) is 0 Å². The Hall–Kier alpha value is -3.35. The predicted octanol–water partition coefficient (Wildman–Crippen LogP) is 2.31. The van der Waals surface area contributed by atoms with Crippen LogP contribution in [0.15, 0.2) is 36.7 Å². The van der Waals surface area contributed by atoms with E-state index in [1.165, 1.54) is 17.2 Å². The van der Waals surface area contributed by atoms with Gasteiger partial charge in [-0.2, -0.15) is 23.5 Å². The Morgan fingerprint density at radius 2 is 2.19 bits per heavy atom. The van der Waals surface area contributed by atoms with Crippen LogP contribution < -0.4 is 10.2 Å². The van der Waals surface area contributed by atoms with E-state index in [1.54, 1.807) is 18.2 Å². The lowest BCUT2D eigenvalue weighted by atomic mass is 10.1. The Labute approximate surface area is 152 Å². The molecule has 0 spiro atoms. The minimum absolute atomic E-state index is 0.0420. The number of nitrogens with one attached hydrogen (secondary N) is 1. The molecule has 2 aromatic rings. The molecule has 3 rings (SSSR count). The third-order valence-corrected chi connectivity index (χ3v) is 4.03. The first-order valence-electron chi connectivity index (χ1n) is 7.96. The molecule has 1 aromatic carbocycles. The average molecular weight is 377 g/mol. The van der Waals surface area contributed by atoms with Crippen molar-refractivity contribution in [2.75, 3.05) is 16.8 Å². The van der Waals surface area contributed by atoms with E-state index in [9.17, 15) is 22.8 Å². The van der Waals surface area contributed by atoms with Crippen molar-refractivity contribution in [3.05, 3.63) is 42.2 Å². The van der Waals surface area contributed by atoms with Gasteiger partial charge in [0, 0.05) is 24.8 Å². The van der Waals surface area contributed by atoms with Gasteiger partial charge in [0.1, 0.15) is 6.54 Å². The molecule has 10 heteroatoms. The average Bonchev–Trinajstić information content (AvgIpc) is 3.20. The lowest BCUT2D eigenvalue weighted by Gasteiger charge is -2.14. The number of rotatable bonds is 4. The van der Waals surface area contributed by atoms with Gasteiger partial charge >= 0.3 is 6.18 Å². The number of carbonyl (C=O) groups excluding carboxylic acids is 2. The summed E-state index contributed by atoms with van der Waals surface area (Å²) in [6, 6.07) is 8.30. The maximum absolute atomic E-state index is 12.4. The van der Waals surface area contributed by atoms with E-state index in [2.05, 4.69) is 10.4 Å². The lowest BCUT2D eigenvalue weighted by Crippen LogP contribution is -2.28. The molecule has 1 atom stereocenters. The Bertz CT molecular complexity index is 916. The summed E-state index contributed by atoms with van der Waals surface area (Å²) in [6.07, 6.45) is -2.19. The minimum Gasteiger partial charge on any atom is -0.326 e. The number of anilines is 2. The van der Waals surface area contributed by atoms with Gasteiger partial charge in [-0.25, -0.2) is 0 Å². The maximum Gasteiger partial charge on any atom is 0.408 e. The maximum atomic E-state index is 12.4. The van der Waals surface area contributed by atoms with Crippen molar-refractivity contribution in [3.8, 4) is 6.07 Å². The highest BCUT2D eigenvalue weighted by Crippen LogP contribution is 2.27. The number of hydrogen-bond donors (Lipinski definition) is 1. The highest BCUT2D eigenvalue weighted by atomic mass is 19.4. The number of alkyl halides is 3. The Kier molecular flexibility index (Phi) is 4.85. The number of nitrogens with zero attached hydrogens (tertiary/aromatic N) is 4. The molecule has 1 aliphatic heterocycles. The molecule has 1 fully saturated rings. The van der Waals surface area contributed by atoms with Crippen LogP contribution in [-0.2, 0) is 16.1 Å². The van der Waals surface area contributed by atoms with Gasteiger partial charge in [0.2, 0.25) is 11.8 Å². The number of hydrogen-bond acceptors (Lipinski definition) is 4. The van der Waals surface area contributed by atoms with Crippen molar-refractivity contribution in [2.24, 2.45) is 5.92 Å². The summed E-state index contributed by atoms with van der Waals surface area (Å²) in [5.41, 5.74) is 1.03. The zero-order valence-corrected chi connectivity index (χ0v) is 13.9. The molecule has 1 unspecified atom stereocenters. The van der Waals surface area contributed by atoms with Crippen LogP contribution in [0.4, 0.5) is 24.5 Å². The normalized spacial score (nSPS) is 17.0. The molecule has 1 saturated heterocycles. The summed E-state index contributed by atoms with van der Waals surface area (Å²) in [4.78, 5) is 25.8. The van der Waals surface area contributed by atoms with Crippen molar-refractivity contribution < 1.29 is 22.8 Å². The smallest absolute Gasteiger partial charge is 0.326 e. The molecule has 140 valence electrons. The van der Waals surface area contributed by atoms with E-state index < -0.39 is 24.5 Å². The summed E-state index contributed by atoms with van der Waals surface area (Å²) in [5, 5.41) is 15.1. The zero-order chi connectivity index (χ0) is 19.6. The highest BCUT2D eigenvalue weighted by Gasteiger charge is 2.36. The van der Waals surface area contributed by atoms with Crippen LogP contribution >= 0.6 is 0 Å². The second-order valence-corrected chi connectivity index (χ2v) is 6.10. The van der Waals surface area contributed by atoms with E-state index in [-0.39, 0.29) is 24.6 Å². The molecule has 1 aliphatic rings. The van der Waals surface area contributed by atoms with Gasteiger partial charge < -0.3 is 10.2 Å². The second-order valence-electron chi connectivity index (χ2n) is 6.10. The van der Waals surface area contributed by atoms with E-state index in [4.69, 9.17) is 5.26 Å². The number of carbonyl (C=O) groups is 2. The SMILES string of the molecule is N#Cc1cccc(NC(=O)C2CC(=O)N(c3cnn(CC(F)(F)F)c3)C2)c1. The third kappa shape index (κ3) is 4.44. The van der Waals surface area contributed by atoms with Crippen LogP contribution in [0, 0.1) is 17.2 Å². The van der Waals surface area contributed by atoms with Crippen LogP contribution in [0.5, 0.6) is 0 Å². The summed E-state index contributed by atoms with van der Waals surface area (Å²) in [7, 11) is 0. The van der Waals surface area contributed by atoms with E-state index in [0.717, 1.165) is 6.20 Å². The first kappa shape index (κ1) is 18.4. The van der Waals surface area contributed by atoms with Gasteiger partial charge in [0.15, 0.2) is 0 Å². The summed E-state index contributed by atoms with van der Waals surface area (Å²) >= 11 is 0. The van der Waals surface area contributed by atoms with Crippen molar-refractivity contribution >= 4 is 23.2 Å². The zero-order valence-electron chi connectivity index (χ0n) is 13.9. The summed E-state index contributed by atoms with van der Waals surface area (Å²) in [6.45, 7) is -1.21. The molecule has 1 aromatic heterocycles. The molecular formula is C17H14F3N5O2. The molecule has 1 N–H and O–H groups in total. The van der Waals surface area contributed by atoms with Gasteiger partial charge in [0.05, 0.1) is 29.4 Å². The monoisotopic (exact) mass is 377 g/mol. The molecule has 0 radical (unpaired) electrons. The van der Waals surface area contributed by atoms with Crippen molar-refractivity contribution in [2.45, 2.75) is 19.1 Å². The molecule has 0 aliphatic carbocycles. The van der Waals surface area contributed by atoms with E-state index >= 15 is 0 Å². The topological polar surface area (TPSA) is 91.0 Å². The van der Waals surface area contributed by atoms with E-state index in [1.807, 2.05) is 6.07 Å². The lowest BCUT2D eigenvalue weighted by molar-refractivity contribution is -0.142. The number of aromatic nitrogens is 2. The van der Waals surface area contributed by atoms with Crippen molar-refractivity contribution in [3.63, 3.8) is 0 Å². The molecule has 2 amide bonds. The Morgan fingerprint density at radius 3 is 2.89 bits per heavy atom. The van der Waals surface area contributed by atoms with Gasteiger partial charge in [-0.1, -0.05) is 6.07 Å². The number of halogens is 3. The molecule has 0 bridgehead atoms. The fourth-order valence-corrected chi connectivity index (χ4v) is 2.81. The van der Waals surface area contributed by atoms with Gasteiger partial charge in [-0.05, 0) is 18.2 Å². The van der Waals surface area contributed by atoms with Crippen molar-refractivity contribution in [1.82, 2.24) is 9.78 Å². The van der Waals surface area contributed by atoms with Crippen LogP contribution in [0.2, 0.25) is 0 Å². The van der Waals surface area contributed by atoms with Crippen LogP contribution in [0.3, 0.4) is 0 Å². The summed E-state index contributed by atoms with van der Waals surface area (Å²) in [5.74, 6) is -1.43. The fourth-order valence-electron chi connectivity index (χ4n) is 2.81. The molecule has 7 nitrogen and oxygen atoms in total. The number of benzene rings is 1. The molecule has 0 saturated carbocycles. The highest BCUT2D eigenvalue weighted by molar-refractivity contribution is 6.03. The predicted molar refractivity (Wildman–Crippen MR) is 88.5 cm³/mol. The van der Waals surface area contributed by atoms with Gasteiger partial charge in [-0.3, -0.25) is 14.3 Å². The van der Waals surface area contributed by atoms with Gasteiger partial charge in [0.25, 0.3) is 0 Å². The second kappa shape index (κ2) is 7.11. The molecular weight excluding hydrogens is 363 g/mol. The first-order valence-corrected chi connectivity index (χ1v) is 7.96. The van der Waals surface area contributed by atoms with Crippen LogP contribution in [0.1, 0.15) is 12.0 Å². The molecule has 27 heavy (non-hydrogen) atoms. The molecule has 2 heterocycles. The van der Waals surface area contributed by atoms with Gasteiger partial charge in [-0.15, -0.1) is 0 Å². The van der Waals surface area contributed by atoms with Crippen molar-refractivity contribution in [1.29, 1.82) is 5.26 Å². The Morgan fingerprint density at radius 1 is 1.41 bits per heavy atom. The number of amides is 2.